The molecule has 3 heteroatoms. The Morgan fingerprint density at radius 2 is 2.07 bits per heavy atom. The molecule has 0 saturated carbocycles. The minimum atomic E-state index is 0. The zero-order valence-corrected chi connectivity index (χ0v) is 11.2. The van der Waals surface area contributed by atoms with Crippen molar-refractivity contribution in [2.45, 2.75) is 25.8 Å². The number of quaternary nitrogens is 1. The van der Waals surface area contributed by atoms with Crippen molar-refractivity contribution in [1.82, 2.24) is 0 Å². The molecule has 0 bridgehead atoms. The Morgan fingerprint density at radius 3 is 2.50 bits per heavy atom. The molecule has 0 spiro atoms. The second-order valence-corrected chi connectivity index (χ2v) is 4.61. The van der Waals surface area contributed by atoms with Gasteiger partial charge in [0, 0.05) is 12.8 Å². The van der Waals surface area contributed by atoms with Gasteiger partial charge in [-0.3, -0.25) is 0 Å². The van der Waals surface area contributed by atoms with E-state index in [0.29, 0.717) is 6.04 Å². The molecule has 1 aromatic heterocycles. The lowest BCUT2D eigenvalue weighted by Crippen LogP contribution is -3.00. The predicted octanol–water partition coefficient (Wildman–Crippen LogP) is -0.497. The fourth-order valence-electron chi connectivity index (χ4n) is 2.32. The summed E-state index contributed by atoms with van der Waals surface area (Å²) in [5.74, 6) is 2.20. The van der Waals surface area contributed by atoms with Crippen LogP contribution in [0, 0.1) is 6.92 Å². The van der Waals surface area contributed by atoms with Crippen LogP contribution in [0.4, 0.5) is 0 Å². The van der Waals surface area contributed by atoms with Crippen molar-refractivity contribution in [2.75, 3.05) is 20.6 Å². The lowest BCUT2D eigenvalue weighted by atomic mass is 10.1. The van der Waals surface area contributed by atoms with Crippen molar-refractivity contribution >= 4 is 0 Å². The van der Waals surface area contributed by atoms with E-state index < -0.39 is 0 Å². The second kappa shape index (κ2) is 4.23. The normalized spacial score (nSPS) is 24.6. The molecule has 1 atom stereocenters. The quantitative estimate of drug-likeness (QED) is 0.504. The van der Waals surface area contributed by atoms with E-state index in [-0.39, 0.29) is 24.0 Å². The molecular formula is C11H18INO. The maximum absolute atomic E-state index is 5.69. The van der Waals surface area contributed by atoms with Crippen LogP contribution in [-0.2, 0) is 0 Å². The van der Waals surface area contributed by atoms with E-state index in [1.807, 2.05) is 6.92 Å². The molecule has 1 fully saturated rings. The van der Waals surface area contributed by atoms with Crippen molar-refractivity contribution in [1.29, 1.82) is 0 Å². The van der Waals surface area contributed by atoms with Crippen LogP contribution < -0.4 is 24.0 Å². The molecule has 0 N–H and O–H groups in total. The lowest BCUT2D eigenvalue weighted by molar-refractivity contribution is -0.909. The summed E-state index contributed by atoms with van der Waals surface area (Å²) in [6.07, 6.45) is 2.58. The molecule has 2 rings (SSSR count). The van der Waals surface area contributed by atoms with Crippen LogP contribution >= 0.6 is 0 Å². The smallest absolute Gasteiger partial charge is 0.161 e. The molecule has 0 aromatic carbocycles. The number of aryl methyl sites for hydroxylation is 1. The van der Waals surface area contributed by atoms with Crippen LogP contribution in [0.5, 0.6) is 0 Å². The average molecular weight is 307 g/mol. The Labute approximate surface area is 103 Å². The molecule has 1 aromatic rings. The standard InChI is InChI=1S/C11H18NO.HI/c1-9-6-7-11(13-9)10-5-4-8-12(10,2)3;/h6-7,10H,4-5,8H2,1-3H3;1H/q+1;/p-1. The van der Waals surface area contributed by atoms with Gasteiger partial charge in [-0.05, 0) is 19.1 Å². The van der Waals surface area contributed by atoms with Crippen molar-refractivity contribution in [3.8, 4) is 0 Å². The maximum atomic E-state index is 5.69. The lowest BCUT2D eigenvalue weighted by Gasteiger charge is -2.30. The summed E-state index contributed by atoms with van der Waals surface area (Å²) in [6, 6.07) is 4.77. The Balaban J connectivity index is 0.000000980. The summed E-state index contributed by atoms with van der Waals surface area (Å²) in [7, 11) is 4.57. The van der Waals surface area contributed by atoms with Gasteiger partial charge in [-0.1, -0.05) is 0 Å². The molecule has 1 saturated heterocycles. The summed E-state index contributed by atoms with van der Waals surface area (Å²) in [4.78, 5) is 0. The second-order valence-electron chi connectivity index (χ2n) is 4.61. The van der Waals surface area contributed by atoms with Gasteiger partial charge in [0.1, 0.15) is 11.8 Å². The minimum absolute atomic E-state index is 0. The zero-order valence-electron chi connectivity index (χ0n) is 9.09. The van der Waals surface area contributed by atoms with E-state index in [4.69, 9.17) is 4.42 Å². The SMILES string of the molecule is Cc1ccc(C2CCC[N+]2(C)C)o1.[I-]. The van der Waals surface area contributed by atoms with E-state index in [1.54, 1.807) is 0 Å². The third-order valence-electron chi connectivity index (χ3n) is 3.15. The van der Waals surface area contributed by atoms with Crippen LogP contribution in [-0.4, -0.2) is 25.1 Å². The molecule has 80 valence electrons. The Morgan fingerprint density at radius 1 is 1.36 bits per heavy atom. The Hall–Kier alpha value is -0.0300. The van der Waals surface area contributed by atoms with Gasteiger partial charge in [0.2, 0.25) is 0 Å². The van der Waals surface area contributed by atoms with Gasteiger partial charge < -0.3 is 32.9 Å². The van der Waals surface area contributed by atoms with Gasteiger partial charge in [-0.15, -0.1) is 0 Å². The Bertz CT molecular complexity index is 306. The minimum Gasteiger partial charge on any atom is -1.00 e. The molecular weight excluding hydrogens is 289 g/mol. The molecule has 1 unspecified atom stereocenters. The number of hydrogen-bond acceptors (Lipinski definition) is 1. The Kier molecular flexibility index (Phi) is 3.63. The van der Waals surface area contributed by atoms with Crippen LogP contribution in [0.3, 0.4) is 0 Å². The highest BCUT2D eigenvalue weighted by Gasteiger charge is 2.37. The van der Waals surface area contributed by atoms with Gasteiger partial charge in [-0.2, -0.15) is 0 Å². The number of nitrogens with zero attached hydrogens (tertiary/aromatic N) is 1. The van der Waals surface area contributed by atoms with Gasteiger partial charge in [0.05, 0.1) is 20.6 Å². The number of halogens is 1. The summed E-state index contributed by atoms with van der Waals surface area (Å²) >= 11 is 0. The summed E-state index contributed by atoms with van der Waals surface area (Å²) in [5.41, 5.74) is 0. The molecule has 0 amide bonds. The van der Waals surface area contributed by atoms with E-state index in [9.17, 15) is 0 Å². The van der Waals surface area contributed by atoms with Crippen LogP contribution in [0.25, 0.3) is 0 Å². The third-order valence-corrected chi connectivity index (χ3v) is 3.15. The van der Waals surface area contributed by atoms with Crippen molar-refractivity contribution in [3.05, 3.63) is 23.7 Å². The maximum Gasteiger partial charge on any atom is 0.161 e. The number of rotatable bonds is 1. The van der Waals surface area contributed by atoms with Crippen molar-refractivity contribution in [2.24, 2.45) is 0 Å². The summed E-state index contributed by atoms with van der Waals surface area (Å²) in [6.45, 7) is 3.28. The van der Waals surface area contributed by atoms with E-state index >= 15 is 0 Å². The fraction of sp³-hybridized carbons (Fsp3) is 0.636. The van der Waals surface area contributed by atoms with Crippen molar-refractivity contribution < 1.29 is 32.9 Å². The monoisotopic (exact) mass is 307 g/mol. The molecule has 0 radical (unpaired) electrons. The van der Waals surface area contributed by atoms with Crippen LogP contribution in [0.2, 0.25) is 0 Å². The van der Waals surface area contributed by atoms with E-state index in [1.165, 1.54) is 25.1 Å². The summed E-state index contributed by atoms with van der Waals surface area (Å²) < 4.78 is 6.76. The number of likely N-dealkylation sites (tertiary alicyclic amines) is 1. The van der Waals surface area contributed by atoms with Crippen LogP contribution in [0.15, 0.2) is 16.5 Å². The largest absolute Gasteiger partial charge is 1.00 e. The number of furan rings is 1. The molecule has 1 aliphatic heterocycles. The molecule has 0 aliphatic carbocycles. The van der Waals surface area contributed by atoms with E-state index in [2.05, 4.69) is 26.2 Å². The van der Waals surface area contributed by atoms with E-state index in [0.717, 1.165) is 10.2 Å². The number of hydrogen-bond donors (Lipinski definition) is 0. The first-order valence-corrected chi connectivity index (χ1v) is 4.98. The first-order valence-electron chi connectivity index (χ1n) is 4.98. The van der Waals surface area contributed by atoms with Gasteiger partial charge in [0.25, 0.3) is 0 Å². The van der Waals surface area contributed by atoms with Crippen molar-refractivity contribution in [3.63, 3.8) is 0 Å². The third kappa shape index (κ3) is 2.14. The molecule has 14 heavy (non-hydrogen) atoms. The molecule has 2 heterocycles. The highest BCUT2D eigenvalue weighted by Crippen LogP contribution is 2.36. The highest BCUT2D eigenvalue weighted by molar-refractivity contribution is 5.08. The predicted molar refractivity (Wildman–Crippen MR) is 52.4 cm³/mol. The molecule has 1 aliphatic rings. The highest BCUT2D eigenvalue weighted by atomic mass is 127. The van der Waals surface area contributed by atoms with Gasteiger partial charge in [-0.25, -0.2) is 0 Å². The zero-order chi connectivity index (χ0) is 9.47. The first kappa shape index (κ1) is 12.0. The first-order chi connectivity index (χ1) is 6.09. The van der Waals surface area contributed by atoms with Gasteiger partial charge in [0.15, 0.2) is 5.76 Å². The fourth-order valence-corrected chi connectivity index (χ4v) is 2.32. The van der Waals surface area contributed by atoms with Gasteiger partial charge >= 0.3 is 0 Å². The summed E-state index contributed by atoms with van der Waals surface area (Å²) in [5, 5.41) is 0. The van der Waals surface area contributed by atoms with Crippen LogP contribution in [0.1, 0.15) is 30.4 Å². The molecule has 2 nitrogen and oxygen atoms in total. The topological polar surface area (TPSA) is 13.1 Å². The average Bonchev–Trinajstić information content (AvgIpc) is 2.56.